The number of benzene rings is 2. The van der Waals surface area contributed by atoms with Crippen LogP contribution >= 0.6 is 11.8 Å². The van der Waals surface area contributed by atoms with Gasteiger partial charge in [-0.05, 0) is 48.6 Å². The molecule has 1 fully saturated rings. The Morgan fingerprint density at radius 3 is 2.61 bits per heavy atom. The van der Waals surface area contributed by atoms with E-state index in [2.05, 4.69) is 19.9 Å². The van der Waals surface area contributed by atoms with E-state index in [0.29, 0.717) is 22.2 Å². The number of nitrogens with zero attached hydrogens (tertiary/aromatic N) is 2. The zero-order valence-corrected chi connectivity index (χ0v) is 20.4. The third-order valence-electron chi connectivity index (χ3n) is 5.87. The Morgan fingerprint density at radius 2 is 1.97 bits per heavy atom. The van der Waals surface area contributed by atoms with Gasteiger partial charge in [0.25, 0.3) is 0 Å². The molecule has 1 saturated heterocycles. The monoisotopic (exact) mass is 464 g/mol. The van der Waals surface area contributed by atoms with E-state index in [1.54, 1.807) is 18.9 Å². The second kappa shape index (κ2) is 9.43. The Labute approximate surface area is 198 Å². The van der Waals surface area contributed by atoms with Crippen molar-refractivity contribution in [3.63, 3.8) is 0 Å². The molecule has 0 unspecified atom stereocenters. The zero-order valence-electron chi connectivity index (χ0n) is 19.5. The summed E-state index contributed by atoms with van der Waals surface area (Å²) in [5, 5.41) is 0.609. The molecule has 2 heterocycles. The van der Waals surface area contributed by atoms with Gasteiger partial charge in [-0.25, -0.2) is 9.79 Å². The maximum Gasteiger partial charge on any atom is 0.338 e. The third kappa shape index (κ3) is 4.17. The number of ether oxygens (including phenoxy) is 2. The van der Waals surface area contributed by atoms with Crippen molar-refractivity contribution in [1.29, 1.82) is 0 Å². The van der Waals surface area contributed by atoms with Crippen molar-refractivity contribution in [3.05, 3.63) is 70.3 Å². The minimum atomic E-state index is -0.627. The van der Waals surface area contributed by atoms with Crippen LogP contribution in [0, 0.1) is 6.92 Å². The number of aryl methyl sites for hydroxylation is 1. The normalized spacial score (nSPS) is 17.9. The first-order chi connectivity index (χ1) is 15.9. The number of rotatable bonds is 6. The van der Waals surface area contributed by atoms with Gasteiger partial charge in [0.15, 0.2) is 5.17 Å². The van der Waals surface area contributed by atoms with Gasteiger partial charge in [0.1, 0.15) is 5.75 Å². The molecule has 1 amide bonds. The van der Waals surface area contributed by atoms with Gasteiger partial charge >= 0.3 is 5.97 Å². The highest BCUT2D eigenvalue weighted by Crippen LogP contribution is 2.46. The SMILES string of the molecule is CCOC(=O)C1=C(c2ccccc2)N=C2SCC(=O)N2[C@H]1c1cc(C(C)C)c(OC)cc1C. The second-order valence-corrected chi connectivity index (χ2v) is 9.25. The predicted octanol–water partition coefficient (Wildman–Crippen LogP) is 5.09. The molecule has 2 aliphatic rings. The summed E-state index contributed by atoms with van der Waals surface area (Å²) >= 11 is 1.40. The highest BCUT2D eigenvalue weighted by Gasteiger charge is 2.45. The van der Waals surface area contributed by atoms with E-state index in [0.717, 1.165) is 28.0 Å². The van der Waals surface area contributed by atoms with E-state index in [9.17, 15) is 9.59 Å². The summed E-state index contributed by atoms with van der Waals surface area (Å²) in [7, 11) is 1.66. The van der Waals surface area contributed by atoms with Gasteiger partial charge in [0, 0.05) is 5.56 Å². The number of hydrogen-bond donors (Lipinski definition) is 0. The minimum Gasteiger partial charge on any atom is -0.496 e. The van der Waals surface area contributed by atoms with E-state index in [1.807, 2.05) is 43.3 Å². The number of aliphatic imine (C=N–C) groups is 1. The highest BCUT2D eigenvalue weighted by atomic mass is 32.2. The summed E-state index contributed by atoms with van der Waals surface area (Å²) in [6, 6.07) is 13.0. The number of amides is 1. The van der Waals surface area contributed by atoms with Gasteiger partial charge in [-0.1, -0.05) is 55.9 Å². The Balaban J connectivity index is 2.02. The lowest BCUT2D eigenvalue weighted by molar-refractivity contribution is -0.139. The summed E-state index contributed by atoms with van der Waals surface area (Å²) in [5.41, 5.74) is 4.57. The van der Waals surface area contributed by atoms with Crippen LogP contribution in [0.15, 0.2) is 53.0 Å². The van der Waals surface area contributed by atoms with Gasteiger partial charge in [-0.15, -0.1) is 0 Å². The van der Waals surface area contributed by atoms with Gasteiger partial charge < -0.3 is 9.47 Å². The van der Waals surface area contributed by atoms with E-state index >= 15 is 0 Å². The number of fused-ring (bicyclic) bond motifs is 1. The zero-order chi connectivity index (χ0) is 23.7. The Hall–Kier alpha value is -3.06. The number of methoxy groups -OCH3 is 1. The van der Waals surface area contributed by atoms with Gasteiger partial charge in [0.2, 0.25) is 5.91 Å². The van der Waals surface area contributed by atoms with E-state index in [1.165, 1.54) is 11.8 Å². The molecule has 0 spiro atoms. The van der Waals surface area contributed by atoms with Crippen molar-refractivity contribution >= 4 is 34.5 Å². The minimum absolute atomic E-state index is 0.0704. The van der Waals surface area contributed by atoms with Crippen LogP contribution in [0.3, 0.4) is 0 Å². The van der Waals surface area contributed by atoms with Crippen LogP contribution in [0.1, 0.15) is 55.0 Å². The summed E-state index contributed by atoms with van der Waals surface area (Å²) < 4.78 is 11.1. The number of esters is 1. The summed E-state index contributed by atoms with van der Waals surface area (Å²) in [4.78, 5) is 32.9. The molecule has 2 aromatic rings. The van der Waals surface area contributed by atoms with Gasteiger partial charge in [-0.3, -0.25) is 9.69 Å². The Morgan fingerprint density at radius 1 is 1.24 bits per heavy atom. The summed E-state index contributed by atoms with van der Waals surface area (Å²) in [6.45, 7) is 8.18. The molecule has 33 heavy (non-hydrogen) atoms. The van der Waals surface area contributed by atoms with E-state index in [4.69, 9.17) is 14.5 Å². The van der Waals surface area contributed by atoms with E-state index in [-0.39, 0.29) is 18.4 Å². The van der Waals surface area contributed by atoms with Crippen molar-refractivity contribution in [2.45, 2.75) is 39.7 Å². The summed E-state index contributed by atoms with van der Waals surface area (Å²) in [5.74, 6) is 0.750. The van der Waals surface area contributed by atoms with Crippen molar-refractivity contribution in [3.8, 4) is 5.75 Å². The largest absolute Gasteiger partial charge is 0.496 e. The van der Waals surface area contributed by atoms with Crippen molar-refractivity contribution < 1.29 is 19.1 Å². The maximum atomic E-state index is 13.4. The van der Waals surface area contributed by atoms with Crippen LogP contribution in [0.25, 0.3) is 5.70 Å². The van der Waals surface area contributed by atoms with Crippen molar-refractivity contribution in [1.82, 2.24) is 4.90 Å². The molecule has 2 aromatic carbocycles. The van der Waals surface area contributed by atoms with Crippen LogP contribution in [0.2, 0.25) is 0 Å². The lowest BCUT2D eigenvalue weighted by Crippen LogP contribution is -2.40. The fourth-order valence-corrected chi connectivity index (χ4v) is 5.19. The molecule has 0 saturated carbocycles. The molecule has 172 valence electrons. The Bertz CT molecular complexity index is 1150. The van der Waals surface area contributed by atoms with Crippen LogP contribution in [-0.2, 0) is 14.3 Å². The van der Waals surface area contributed by atoms with Gasteiger partial charge in [-0.2, -0.15) is 0 Å². The smallest absolute Gasteiger partial charge is 0.338 e. The lowest BCUT2D eigenvalue weighted by Gasteiger charge is -2.35. The molecule has 4 rings (SSSR count). The molecule has 6 nitrogen and oxygen atoms in total. The highest BCUT2D eigenvalue weighted by molar-refractivity contribution is 8.15. The number of hydrogen-bond acceptors (Lipinski definition) is 6. The molecular weight excluding hydrogens is 436 g/mol. The Kier molecular flexibility index (Phi) is 6.61. The number of thioether (sulfide) groups is 1. The predicted molar refractivity (Wildman–Crippen MR) is 131 cm³/mol. The molecule has 0 N–H and O–H groups in total. The molecule has 0 radical (unpaired) electrons. The molecule has 0 aromatic heterocycles. The quantitative estimate of drug-likeness (QED) is 0.557. The van der Waals surface area contributed by atoms with Crippen molar-refractivity contribution in [2.24, 2.45) is 4.99 Å². The first-order valence-corrected chi connectivity index (χ1v) is 12.0. The standard InChI is InChI=1S/C26H28N2O4S/c1-6-32-25(30)22-23(17-10-8-7-9-11-17)27-26-28(21(29)14-33-26)24(22)19-13-18(15(2)3)20(31-5)12-16(19)4/h7-13,15,24H,6,14H2,1-5H3/t24-/m0/s1. The molecular formula is C26H28N2O4S. The first-order valence-electron chi connectivity index (χ1n) is 11.1. The first kappa shape index (κ1) is 23.1. The van der Waals surface area contributed by atoms with Crippen molar-refractivity contribution in [2.75, 3.05) is 19.5 Å². The molecule has 1 atom stereocenters. The van der Waals surface area contributed by atoms with Gasteiger partial charge in [0.05, 0.1) is 36.8 Å². The van der Waals surface area contributed by atoms with E-state index < -0.39 is 12.0 Å². The molecule has 2 aliphatic heterocycles. The average Bonchev–Trinajstić information content (AvgIpc) is 3.18. The number of amidine groups is 1. The fraction of sp³-hybridized carbons (Fsp3) is 0.346. The van der Waals surface area contributed by atoms with Crippen LogP contribution < -0.4 is 4.74 Å². The topological polar surface area (TPSA) is 68.2 Å². The average molecular weight is 465 g/mol. The second-order valence-electron chi connectivity index (χ2n) is 8.30. The number of carbonyl (C=O) groups is 2. The lowest BCUT2D eigenvalue weighted by atomic mass is 9.86. The van der Waals surface area contributed by atoms with Crippen LogP contribution in [0.4, 0.5) is 0 Å². The third-order valence-corrected chi connectivity index (χ3v) is 6.81. The van der Waals surface area contributed by atoms with Crippen LogP contribution in [-0.4, -0.2) is 41.4 Å². The fourth-order valence-electron chi connectivity index (χ4n) is 4.29. The van der Waals surface area contributed by atoms with Crippen LogP contribution in [0.5, 0.6) is 5.75 Å². The number of carbonyl (C=O) groups excluding carboxylic acids is 2. The molecule has 0 bridgehead atoms. The molecule has 0 aliphatic carbocycles. The molecule has 7 heteroatoms. The summed E-state index contributed by atoms with van der Waals surface area (Å²) in [6.07, 6.45) is 0. The maximum absolute atomic E-state index is 13.4.